The maximum atomic E-state index is 13.4. The predicted octanol–water partition coefficient (Wildman–Crippen LogP) is 7.35. The van der Waals surface area contributed by atoms with Gasteiger partial charge in [0.1, 0.15) is 0 Å². The van der Waals surface area contributed by atoms with Gasteiger partial charge in [-0.25, -0.2) is 4.79 Å². The van der Waals surface area contributed by atoms with Crippen LogP contribution in [0.5, 0.6) is 0 Å². The second-order valence-electron chi connectivity index (χ2n) is 7.73. The Hall–Kier alpha value is -0.643. The fraction of sp³-hybridized carbons (Fsp3) is 0.857. The summed E-state index contributed by atoms with van der Waals surface area (Å²) in [6, 6.07) is 0.839. The van der Waals surface area contributed by atoms with Crippen molar-refractivity contribution in [1.29, 1.82) is 0 Å². The summed E-state index contributed by atoms with van der Waals surface area (Å²) in [5, 5.41) is 0. The monoisotopic (exact) mass is 372 g/mol. The van der Waals surface area contributed by atoms with Crippen LogP contribution < -0.4 is 0 Å². The van der Waals surface area contributed by atoms with Crippen molar-refractivity contribution >= 4 is 14.4 Å². The fourth-order valence-corrected chi connectivity index (χ4v) is 4.04. The van der Waals surface area contributed by atoms with E-state index in [1.54, 1.807) is 6.08 Å². The topological polar surface area (TPSA) is 26.3 Å². The Morgan fingerprint density at radius 1 is 0.800 bits per heavy atom. The van der Waals surface area contributed by atoms with E-state index in [-0.39, 0.29) is 5.97 Å². The molecule has 0 atom stereocenters. The fourth-order valence-electron chi connectivity index (χ4n) is 2.95. The van der Waals surface area contributed by atoms with Gasteiger partial charge in [-0.15, -0.1) is 0 Å². The van der Waals surface area contributed by atoms with Crippen LogP contribution in [0.1, 0.15) is 90.4 Å². The SMILES string of the molecule is CC=CC(=O)OCCCCCCCCCCCCCCC[Si](C)(C)F. The number of unbranched alkanes of at least 4 members (excludes halogenated alkanes) is 12. The molecular weight excluding hydrogens is 331 g/mol. The van der Waals surface area contributed by atoms with Crippen LogP contribution >= 0.6 is 0 Å². The largest absolute Gasteiger partial charge is 0.463 e. The highest BCUT2D eigenvalue weighted by molar-refractivity contribution is 6.70. The number of carbonyl (C=O) groups excluding carboxylic acids is 1. The van der Waals surface area contributed by atoms with Gasteiger partial charge in [0.15, 0.2) is 0 Å². The minimum Gasteiger partial charge on any atom is -0.463 e. The van der Waals surface area contributed by atoms with Crippen molar-refractivity contribution in [1.82, 2.24) is 0 Å². The van der Waals surface area contributed by atoms with E-state index < -0.39 is 8.41 Å². The molecule has 0 aromatic heterocycles. The number of allylic oxidation sites excluding steroid dienone is 1. The average Bonchev–Trinajstić information content (AvgIpc) is 2.53. The molecule has 4 heteroatoms. The number of esters is 1. The minimum absolute atomic E-state index is 0.226. The Morgan fingerprint density at radius 3 is 1.60 bits per heavy atom. The molecule has 0 bridgehead atoms. The van der Waals surface area contributed by atoms with Gasteiger partial charge in [-0.2, -0.15) is 0 Å². The Labute approximate surface area is 156 Å². The first-order chi connectivity index (χ1) is 12.0. The zero-order valence-corrected chi connectivity index (χ0v) is 18.0. The first-order valence-corrected chi connectivity index (χ1v) is 13.5. The van der Waals surface area contributed by atoms with E-state index in [1.165, 1.54) is 70.3 Å². The zero-order valence-electron chi connectivity index (χ0n) is 17.0. The molecule has 0 aliphatic heterocycles. The lowest BCUT2D eigenvalue weighted by molar-refractivity contribution is -0.137. The zero-order chi connectivity index (χ0) is 18.8. The molecule has 0 saturated carbocycles. The summed E-state index contributed by atoms with van der Waals surface area (Å²) >= 11 is 0. The molecule has 0 fully saturated rings. The number of carbonyl (C=O) groups is 1. The third kappa shape index (κ3) is 21.3. The molecule has 0 unspecified atom stereocenters. The van der Waals surface area contributed by atoms with Crippen LogP contribution in [-0.4, -0.2) is 21.0 Å². The molecule has 0 N–H and O–H groups in total. The third-order valence-electron chi connectivity index (χ3n) is 4.46. The minimum atomic E-state index is -2.30. The van der Waals surface area contributed by atoms with Gasteiger partial charge >= 0.3 is 5.97 Å². The molecule has 0 radical (unpaired) electrons. The van der Waals surface area contributed by atoms with E-state index in [0.717, 1.165) is 25.3 Å². The Balaban J connectivity index is 3.11. The summed E-state index contributed by atoms with van der Waals surface area (Å²) < 4.78 is 18.5. The summed E-state index contributed by atoms with van der Waals surface area (Å²) in [7, 11) is -2.30. The summed E-state index contributed by atoms with van der Waals surface area (Å²) in [6.07, 6.45) is 19.5. The number of rotatable bonds is 17. The Morgan fingerprint density at radius 2 is 1.20 bits per heavy atom. The highest BCUT2D eigenvalue weighted by Crippen LogP contribution is 2.17. The summed E-state index contributed by atoms with van der Waals surface area (Å²) in [6.45, 7) is 5.99. The lowest BCUT2D eigenvalue weighted by atomic mass is 10.0. The van der Waals surface area contributed by atoms with E-state index in [1.807, 2.05) is 20.0 Å². The maximum absolute atomic E-state index is 13.4. The first kappa shape index (κ1) is 24.4. The molecule has 148 valence electrons. The van der Waals surface area contributed by atoms with Gasteiger partial charge in [0.2, 0.25) is 8.41 Å². The highest BCUT2D eigenvalue weighted by atomic mass is 28.4. The molecular formula is C21H41FO2Si. The lowest BCUT2D eigenvalue weighted by Gasteiger charge is -2.09. The van der Waals surface area contributed by atoms with Crippen LogP contribution in [0.3, 0.4) is 0 Å². The standard InChI is InChI=1S/C21H41FO2Si/c1-4-18-21(23)24-19-16-14-12-10-8-6-5-7-9-11-13-15-17-20-25(2,3)22/h4,18H,5-17,19-20H2,1-3H3. The highest BCUT2D eigenvalue weighted by Gasteiger charge is 2.18. The van der Waals surface area contributed by atoms with E-state index in [4.69, 9.17) is 4.74 Å². The predicted molar refractivity (Wildman–Crippen MR) is 109 cm³/mol. The van der Waals surface area contributed by atoms with Crippen LogP contribution in [-0.2, 0) is 9.53 Å². The Kier molecular flexibility index (Phi) is 16.4. The first-order valence-electron chi connectivity index (χ1n) is 10.4. The van der Waals surface area contributed by atoms with Crippen molar-refractivity contribution < 1.29 is 13.6 Å². The average molecular weight is 373 g/mol. The molecule has 0 aliphatic rings. The second kappa shape index (κ2) is 16.8. The second-order valence-corrected chi connectivity index (χ2v) is 11.7. The molecule has 0 heterocycles. The van der Waals surface area contributed by atoms with Crippen molar-refractivity contribution in [2.24, 2.45) is 0 Å². The van der Waals surface area contributed by atoms with Crippen molar-refractivity contribution in [3.05, 3.63) is 12.2 Å². The molecule has 0 amide bonds. The van der Waals surface area contributed by atoms with E-state index >= 15 is 0 Å². The number of hydrogen-bond acceptors (Lipinski definition) is 2. The van der Waals surface area contributed by atoms with E-state index in [2.05, 4.69) is 0 Å². The summed E-state index contributed by atoms with van der Waals surface area (Å²) in [5.74, 6) is -0.226. The number of hydrogen-bond donors (Lipinski definition) is 0. The van der Waals surface area contributed by atoms with Gasteiger partial charge in [-0.05, 0) is 32.5 Å². The molecule has 0 aromatic carbocycles. The van der Waals surface area contributed by atoms with E-state index in [0.29, 0.717) is 6.61 Å². The van der Waals surface area contributed by atoms with Gasteiger partial charge < -0.3 is 8.84 Å². The quantitative estimate of drug-likeness (QED) is 0.0876. The smallest absolute Gasteiger partial charge is 0.330 e. The molecule has 0 aromatic rings. The van der Waals surface area contributed by atoms with Crippen molar-refractivity contribution in [2.45, 2.75) is 110 Å². The molecule has 2 nitrogen and oxygen atoms in total. The van der Waals surface area contributed by atoms with E-state index in [9.17, 15) is 8.90 Å². The van der Waals surface area contributed by atoms with Crippen molar-refractivity contribution in [3.8, 4) is 0 Å². The van der Waals surface area contributed by atoms with Gasteiger partial charge in [0.25, 0.3) is 0 Å². The van der Waals surface area contributed by atoms with Gasteiger partial charge in [0.05, 0.1) is 6.61 Å². The number of halogens is 1. The van der Waals surface area contributed by atoms with Gasteiger partial charge in [0, 0.05) is 6.08 Å². The number of ether oxygens (including phenoxy) is 1. The molecule has 0 spiro atoms. The summed E-state index contributed by atoms with van der Waals surface area (Å²) in [4.78, 5) is 11.1. The molecule has 0 aliphatic carbocycles. The summed E-state index contributed by atoms with van der Waals surface area (Å²) in [5.41, 5.74) is 0. The molecule has 25 heavy (non-hydrogen) atoms. The van der Waals surface area contributed by atoms with Crippen molar-refractivity contribution in [3.63, 3.8) is 0 Å². The maximum Gasteiger partial charge on any atom is 0.330 e. The van der Waals surface area contributed by atoms with Gasteiger partial charge in [-0.1, -0.05) is 83.1 Å². The van der Waals surface area contributed by atoms with Gasteiger partial charge in [-0.3, -0.25) is 0 Å². The normalized spacial score (nSPS) is 12.0. The van der Waals surface area contributed by atoms with Crippen molar-refractivity contribution in [2.75, 3.05) is 6.61 Å². The van der Waals surface area contributed by atoms with Crippen LogP contribution in [0.4, 0.5) is 4.11 Å². The van der Waals surface area contributed by atoms with Crippen LogP contribution in [0.25, 0.3) is 0 Å². The van der Waals surface area contributed by atoms with Crippen LogP contribution in [0, 0.1) is 0 Å². The van der Waals surface area contributed by atoms with Crippen LogP contribution in [0.15, 0.2) is 12.2 Å². The molecule has 0 rings (SSSR count). The third-order valence-corrected chi connectivity index (χ3v) is 6.01. The lowest BCUT2D eigenvalue weighted by Crippen LogP contribution is -2.16. The Bertz CT molecular complexity index is 337. The molecule has 0 saturated heterocycles. The van der Waals surface area contributed by atoms with Crippen LogP contribution in [0.2, 0.25) is 19.1 Å².